The van der Waals surface area contributed by atoms with E-state index in [2.05, 4.69) is 24.1 Å². The first-order valence-electron chi connectivity index (χ1n) is 10.9. The van der Waals surface area contributed by atoms with Gasteiger partial charge in [-0.2, -0.15) is 0 Å². The largest absolute Gasteiger partial charge is 0.384 e. The van der Waals surface area contributed by atoms with Gasteiger partial charge in [0.2, 0.25) is 15.9 Å². The first-order valence-corrected chi connectivity index (χ1v) is 13.4. The highest BCUT2D eigenvalue weighted by atomic mass is 32.2. The fraction of sp³-hybridized carbons (Fsp3) is 0.200. The van der Waals surface area contributed by atoms with Gasteiger partial charge in [0.1, 0.15) is 11.9 Å². The van der Waals surface area contributed by atoms with Crippen molar-refractivity contribution < 1.29 is 13.2 Å². The molecule has 8 nitrogen and oxygen atoms in total. The summed E-state index contributed by atoms with van der Waals surface area (Å²) in [5.41, 5.74) is 8.87. The molecule has 0 bridgehead atoms. The molecule has 1 atom stereocenters. The van der Waals surface area contributed by atoms with Crippen molar-refractivity contribution in [2.24, 2.45) is 10.9 Å². The molecule has 0 spiro atoms. The van der Waals surface area contributed by atoms with Crippen molar-refractivity contribution in [1.82, 2.24) is 0 Å². The fourth-order valence-corrected chi connectivity index (χ4v) is 6.22. The lowest BCUT2D eigenvalue weighted by atomic mass is 10.1. The predicted octanol–water partition coefficient (Wildman–Crippen LogP) is 3.58. The summed E-state index contributed by atoms with van der Waals surface area (Å²) in [6, 6.07) is 20.4. The number of hydrogen-bond donors (Lipinski definition) is 4. The number of benzene rings is 3. The van der Waals surface area contributed by atoms with Crippen LogP contribution in [0, 0.1) is 5.41 Å². The minimum Gasteiger partial charge on any atom is -0.384 e. The zero-order valence-electron chi connectivity index (χ0n) is 19.4. The monoisotopic (exact) mass is 509 g/mol. The molecule has 6 N–H and O–H groups in total. The smallest absolute Gasteiger partial charge is 0.247 e. The van der Waals surface area contributed by atoms with Gasteiger partial charge in [-0.25, -0.2) is 13.6 Å². The second-order valence-corrected chi connectivity index (χ2v) is 11.9. The van der Waals surface area contributed by atoms with Gasteiger partial charge in [-0.05, 0) is 49.7 Å². The highest BCUT2D eigenvalue weighted by Gasteiger charge is 2.43. The van der Waals surface area contributed by atoms with Gasteiger partial charge >= 0.3 is 0 Å². The lowest BCUT2D eigenvalue weighted by Gasteiger charge is -2.36. The number of nitrogen functional groups attached to an aromatic ring is 1. The minimum atomic E-state index is -3.87. The number of rotatable bonds is 6. The van der Waals surface area contributed by atoms with E-state index in [4.69, 9.17) is 16.3 Å². The number of carbonyl (C=O) groups excluding carboxylic acids is 1. The first kappa shape index (κ1) is 24.8. The number of nitrogens with one attached hydrogen (secondary N) is 2. The lowest BCUT2D eigenvalue weighted by Crippen LogP contribution is -2.48. The average Bonchev–Trinajstić information content (AvgIpc) is 3.14. The summed E-state index contributed by atoms with van der Waals surface area (Å²) in [5.74, 6) is 0.416. The van der Waals surface area contributed by atoms with Crippen molar-refractivity contribution in [2.75, 3.05) is 16.0 Å². The Morgan fingerprint density at radius 2 is 1.77 bits per heavy atom. The molecule has 182 valence electrons. The number of hydrogen-bond acceptors (Lipinski definition) is 6. The third-order valence-corrected chi connectivity index (χ3v) is 8.24. The number of primary sulfonamides is 1. The Hall–Kier alpha value is -3.34. The molecule has 4 rings (SSSR count). The summed E-state index contributed by atoms with van der Waals surface area (Å²) < 4.78 is 23.9. The number of carbonyl (C=O) groups is 1. The maximum absolute atomic E-state index is 13.3. The number of nitrogens with zero attached hydrogens (tertiary/aromatic N) is 1. The molecule has 0 radical (unpaired) electrons. The van der Waals surface area contributed by atoms with Crippen LogP contribution in [0.2, 0.25) is 0 Å². The van der Waals surface area contributed by atoms with Crippen LogP contribution in [0.1, 0.15) is 19.4 Å². The van der Waals surface area contributed by atoms with E-state index in [0.29, 0.717) is 28.1 Å². The Kier molecular flexibility index (Phi) is 6.63. The zero-order valence-corrected chi connectivity index (χ0v) is 21.0. The molecule has 0 saturated carbocycles. The Bertz CT molecular complexity index is 1390. The molecule has 1 unspecified atom stereocenters. The zero-order chi connectivity index (χ0) is 25.4. The molecule has 1 aliphatic rings. The van der Waals surface area contributed by atoms with Crippen LogP contribution in [0.5, 0.6) is 0 Å². The molecule has 0 aliphatic carbocycles. The minimum absolute atomic E-state index is 0.0263. The van der Waals surface area contributed by atoms with Gasteiger partial charge in [-0.1, -0.05) is 42.5 Å². The molecular formula is C25H27N5O3S2. The second kappa shape index (κ2) is 9.37. The topological polar surface area (TPSA) is 142 Å². The Labute approximate surface area is 209 Å². The van der Waals surface area contributed by atoms with Gasteiger partial charge in [-0.15, -0.1) is 11.8 Å². The van der Waals surface area contributed by atoms with Crippen LogP contribution in [0.15, 0.2) is 77.7 Å². The standard InChI is InChI=1S/C25H27N5O3S2/c1-25(2)30(19-7-5-6-17(14-19)23(26)27)21(15-34-25)24(31)29-18-12-10-16(11-13-18)20-8-3-4-9-22(20)35(28,32)33/h3-14,21H,15H2,1-2H3,(H3,26,27)(H,29,31)(H2,28,32,33). The van der Waals surface area contributed by atoms with E-state index in [0.717, 1.165) is 5.69 Å². The van der Waals surface area contributed by atoms with E-state index in [1.165, 1.54) is 6.07 Å². The Morgan fingerprint density at radius 1 is 1.09 bits per heavy atom. The van der Waals surface area contributed by atoms with Crippen LogP contribution >= 0.6 is 11.8 Å². The number of thioether (sulfide) groups is 1. The van der Waals surface area contributed by atoms with Crippen molar-refractivity contribution in [3.63, 3.8) is 0 Å². The number of amidine groups is 1. The molecule has 0 aromatic heterocycles. The van der Waals surface area contributed by atoms with E-state index in [9.17, 15) is 13.2 Å². The van der Waals surface area contributed by atoms with Gasteiger partial charge in [0.05, 0.1) is 9.77 Å². The molecule has 10 heteroatoms. The van der Waals surface area contributed by atoms with Gasteiger partial charge in [0.25, 0.3) is 0 Å². The summed E-state index contributed by atoms with van der Waals surface area (Å²) in [6.07, 6.45) is 0. The third kappa shape index (κ3) is 5.19. The Balaban J connectivity index is 1.57. The van der Waals surface area contributed by atoms with Crippen LogP contribution in [0.4, 0.5) is 11.4 Å². The summed E-state index contributed by atoms with van der Waals surface area (Å²) >= 11 is 1.68. The molecule has 1 aliphatic heterocycles. The van der Waals surface area contributed by atoms with Gasteiger partial charge in [0.15, 0.2) is 0 Å². The van der Waals surface area contributed by atoms with Crippen LogP contribution < -0.4 is 21.1 Å². The molecular weight excluding hydrogens is 482 g/mol. The number of sulfonamides is 1. The average molecular weight is 510 g/mol. The molecule has 1 fully saturated rings. The van der Waals surface area contributed by atoms with Crippen molar-refractivity contribution in [3.8, 4) is 11.1 Å². The molecule has 1 heterocycles. The van der Waals surface area contributed by atoms with E-state index in [1.54, 1.807) is 60.3 Å². The summed E-state index contributed by atoms with van der Waals surface area (Å²) in [6.45, 7) is 4.12. The number of anilines is 2. The predicted molar refractivity (Wildman–Crippen MR) is 142 cm³/mol. The van der Waals surface area contributed by atoms with Crippen LogP contribution in [0.25, 0.3) is 11.1 Å². The number of amides is 1. The van der Waals surface area contributed by atoms with E-state index in [1.807, 2.05) is 18.2 Å². The van der Waals surface area contributed by atoms with Crippen molar-refractivity contribution >= 4 is 44.9 Å². The fourth-order valence-electron chi connectivity index (χ4n) is 4.22. The SMILES string of the molecule is CC1(C)SCC(C(=O)Nc2ccc(-c3ccccc3S(N)(=O)=O)cc2)N1c1cccc(C(=N)N)c1. The molecule has 35 heavy (non-hydrogen) atoms. The highest BCUT2D eigenvalue weighted by Crippen LogP contribution is 2.42. The lowest BCUT2D eigenvalue weighted by molar-refractivity contribution is -0.117. The van der Waals surface area contributed by atoms with Gasteiger partial charge < -0.3 is 16.0 Å². The maximum Gasteiger partial charge on any atom is 0.247 e. The van der Waals surface area contributed by atoms with Gasteiger partial charge in [-0.3, -0.25) is 10.2 Å². The van der Waals surface area contributed by atoms with Crippen LogP contribution in [-0.2, 0) is 14.8 Å². The van der Waals surface area contributed by atoms with E-state index < -0.39 is 16.1 Å². The van der Waals surface area contributed by atoms with Crippen molar-refractivity contribution in [2.45, 2.75) is 29.7 Å². The Morgan fingerprint density at radius 3 is 2.43 bits per heavy atom. The summed E-state index contributed by atoms with van der Waals surface area (Å²) in [7, 11) is -3.87. The maximum atomic E-state index is 13.3. The second-order valence-electron chi connectivity index (χ2n) is 8.72. The van der Waals surface area contributed by atoms with Crippen LogP contribution in [-0.4, -0.2) is 36.8 Å². The van der Waals surface area contributed by atoms with E-state index >= 15 is 0 Å². The van der Waals surface area contributed by atoms with Crippen LogP contribution in [0.3, 0.4) is 0 Å². The normalized spacial score (nSPS) is 17.2. The molecule has 3 aromatic rings. The first-order chi connectivity index (χ1) is 16.5. The summed E-state index contributed by atoms with van der Waals surface area (Å²) in [4.78, 5) is 15.1. The third-order valence-electron chi connectivity index (χ3n) is 5.88. The highest BCUT2D eigenvalue weighted by molar-refractivity contribution is 8.01. The van der Waals surface area contributed by atoms with Gasteiger partial charge in [0, 0.05) is 28.3 Å². The molecule has 1 saturated heterocycles. The van der Waals surface area contributed by atoms with E-state index in [-0.39, 0.29) is 21.5 Å². The van der Waals surface area contributed by atoms with Crippen molar-refractivity contribution in [1.29, 1.82) is 5.41 Å². The molecule has 1 amide bonds. The quantitative estimate of drug-likeness (QED) is 0.295. The number of nitrogens with two attached hydrogens (primary N) is 2. The van der Waals surface area contributed by atoms with Crippen molar-refractivity contribution in [3.05, 3.63) is 78.4 Å². The summed E-state index contributed by atoms with van der Waals surface area (Å²) in [5, 5.41) is 16.1. The molecule has 3 aromatic carbocycles.